The number of likely N-dealkylation sites (tertiary alicyclic amines) is 1. The highest BCUT2D eigenvalue weighted by Gasteiger charge is 2.46. The minimum atomic E-state index is 0. The van der Waals surface area contributed by atoms with E-state index in [0.29, 0.717) is 0 Å². The first-order valence-electron chi connectivity index (χ1n) is 7.86. The predicted octanol–water partition coefficient (Wildman–Crippen LogP) is 2.95. The van der Waals surface area contributed by atoms with Gasteiger partial charge in [-0.05, 0) is 56.0 Å². The van der Waals surface area contributed by atoms with E-state index in [1.807, 2.05) is 24.3 Å². The molecule has 1 saturated heterocycles. The van der Waals surface area contributed by atoms with Crippen molar-refractivity contribution in [3.05, 3.63) is 24.3 Å². The largest absolute Gasteiger partial charge is 0.494 e. The van der Waals surface area contributed by atoms with E-state index in [-0.39, 0.29) is 18.3 Å². The molecule has 0 N–H and O–H groups in total. The molecular formula is C17H25ClN2O2. The van der Waals surface area contributed by atoms with E-state index < -0.39 is 0 Å². The third kappa shape index (κ3) is 3.93. The summed E-state index contributed by atoms with van der Waals surface area (Å²) in [7, 11) is 1.78. The number of carbonyl (C=O) groups excluding carboxylic acids is 1. The van der Waals surface area contributed by atoms with Crippen molar-refractivity contribution in [1.29, 1.82) is 0 Å². The molecule has 1 amide bonds. The monoisotopic (exact) mass is 324 g/mol. The molecule has 1 aromatic rings. The second-order valence-electron chi connectivity index (χ2n) is 6.16. The number of halogens is 1. The number of fused-ring (bicyclic) bond motifs is 1. The van der Waals surface area contributed by atoms with Gasteiger partial charge in [0.15, 0.2) is 0 Å². The smallest absolute Gasteiger partial charge is 0.223 e. The van der Waals surface area contributed by atoms with Crippen molar-refractivity contribution in [3.8, 4) is 5.75 Å². The Bertz CT molecular complexity index is 506. The molecule has 0 aromatic heterocycles. The standard InChI is InChI=1S/C17H24N2O2.ClH/c1-13(20)18(2)15-4-6-16(7-5-15)21-11-3-9-19-10-8-14-12-17(14)19;/h4-7,14,17H,3,8-12H2,1-2H3;1H/t14-,17+;/m1./s1. The van der Waals surface area contributed by atoms with Gasteiger partial charge in [-0.15, -0.1) is 12.4 Å². The average Bonchev–Trinajstić information content (AvgIpc) is 3.17. The van der Waals surface area contributed by atoms with Crippen LogP contribution in [0.2, 0.25) is 0 Å². The zero-order chi connectivity index (χ0) is 14.8. The molecule has 1 heterocycles. The second kappa shape index (κ2) is 7.34. The van der Waals surface area contributed by atoms with Gasteiger partial charge in [0.1, 0.15) is 5.75 Å². The van der Waals surface area contributed by atoms with Crippen molar-refractivity contribution >= 4 is 24.0 Å². The molecule has 1 saturated carbocycles. The van der Waals surface area contributed by atoms with Crippen molar-refractivity contribution in [1.82, 2.24) is 4.90 Å². The van der Waals surface area contributed by atoms with Gasteiger partial charge in [0.05, 0.1) is 6.61 Å². The van der Waals surface area contributed by atoms with Crippen LogP contribution >= 0.6 is 12.4 Å². The maximum Gasteiger partial charge on any atom is 0.223 e. The van der Waals surface area contributed by atoms with Crippen molar-refractivity contribution < 1.29 is 9.53 Å². The molecule has 1 aliphatic carbocycles. The molecule has 4 nitrogen and oxygen atoms in total. The van der Waals surface area contributed by atoms with Crippen LogP contribution in [0.1, 0.15) is 26.2 Å². The molecule has 0 bridgehead atoms. The molecular weight excluding hydrogens is 300 g/mol. The summed E-state index contributed by atoms with van der Waals surface area (Å²) in [6.07, 6.45) is 3.90. The lowest BCUT2D eigenvalue weighted by molar-refractivity contribution is -0.116. The van der Waals surface area contributed by atoms with Crippen molar-refractivity contribution in [2.45, 2.75) is 32.2 Å². The number of carbonyl (C=O) groups is 1. The fraction of sp³-hybridized carbons (Fsp3) is 0.588. The summed E-state index contributed by atoms with van der Waals surface area (Å²) >= 11 is 0. The number of benzene rings is 1. The third-order valence-corrected chi connectivity index (χ3v) is 4.70. The maximum atomic E-state index is 11.3. The highest BCUT2D eigenvalue weighted by Crippen LogP contribution is 2.44. The lowest BCUT2D eigenvalue weighted by atomic mass is 10.3. The average molecular weight is 325 g/mol. The summed E-state index contributed by atoms with van der Waals surface area (Å²) in [4.78, 5) is 15.5. The molecule has 0 unspecified atom stereocenters. The Balaban J connectivity index is 0.00000176. The van der Waals surface area contributed by atoms with Gasteiger partial charge in [-0.1, -0.05) is 0 Å². The first-order valence-corrected chi connectivity index (χ1v) is 7.86. The molecule has 22 heavy (non-hydrogen) atoms. The van der Waals surface area contributed by atoms with E-state index in [1.54, 1.807) is 18.9 Å². The molecule has 2 atom stereocenters. The number of rotatable bonds is 6. The quantitative estimate of drug-likeness (QED) is 0.754. The Kier molecular flexibility index (Phi) is 5.70. The zero-order valence-corrected chi connectivity index (χ0v) is 14.1. The Morgan fingerprint density at radius 3 is 2.64 bits per heavy atom. The van der Waals surface area contributed by atoms with Gasteiger partial charge in [0, 0.05) is 32.2 Å². The summed E-state index contributed by atoms with van der Waals surface area (Å²) in [5, 5.41) is 0. The third-order valence-electron chi connectivity index (χ3n) is 4.70. The SMILES string of the molecule is CC(=O)N(C)c1ccc(OCCCN2CC[C@@H]3C[C@@H]32)cc1.Cl. The van der Waals surface area contributed by atoms with E-state index >= 15 is 0 Å². The fourth-order valence-corrected chi connectivity index (χ4v) is 3.17. The molecule has 122 valence electrons. The van der Waals surface area contributed by atoms with Gasteiger partial charge in [0.2, 0.25) is 5.91 Å². The topological polar surface area (TPSA) is 32.8 Å². The number of ether oxygens (including phenoxy) is 1. The van der Waals surface area contributed by atoms with Crippen LogP contribution in [0.5, 0.6) is 5.75 Å². The maximum absolute atomic E-state index is 11.3. The normalized spacial score (nSPS) is 22.6. The number of hydrogen-bond donors (Lipinski definition) is 0. The van der Waals surface area contributed by atoms with Crippen molar-refractivity contribution in [3.63, 3.8) is 0 Å². The van der Waals surface area contributed by atoms with Crippen LogP contribution in [0.15, 0.2) is 24.3 Å². The first-order chi connectivity index (χ1) is 10.1. The molecule has 0 spiro atoms. The highest BCUT2D eigenvalue weighted by atomic mass is 35.5. The van der Waals surface area contributed by atoms with E-state index in [2.05, 4.69) is 4.90 Å². The van der Waals surface area contributed by atoms with Crippen LogP contribution in [0.3, 0.4) is 0 Å². The van der Waals surface area contributed by atoms with Crippen LogP contribution < -0.4 is 9.64 Å². The summed E-state index contributed by atoms with van der Waals surface area (Å²) in [6.45, 7) is 4.76. The molecule has 3 rings (SSSR count). The summed E-state index contributed by atoms with van der Waals surface area (Å²) in [6, 6.07) is 8.60. The Morgan fingerprint density at radius 2 is 2.09 bits per heavy atom. The first kappa shape index (κ1) is 17.1. The molecule has 2 fully saturated rings. The van der Waals surface area contributed by atoms with E-state index in [0.717, 1.165) is 43.0 Å². The summed E-state index contributed by atoms with van der Waals surface area (Å²) < 4.78 is 5.78. The number of amides is 1. The van der Waals surface area contributed by atoms with Gasteiger partial charge in [-0.25, -0.2) is 0 Å². The Morgan fingerprint density at radius 1 is 1.36 bits per heavy atom. The minimum absolute atomic E-state index is 0. The van der Waals surface area contributed by atoms with E-state index in [1.165, 1.54) is 19.4 Å². The summed E-state index contributed by atoms with van der Waals surface area (Å²) in [5.74, 6) is 1.92. The number of nitrogens with zero attached hydrogens (tertiary/aromatic N) is 2. The van der Waals surface area contributed by atoms with Crippen molar-refractivity contribution in [2.75, 3.05) is 31.6 Å². The molecule has 5 heteroatoms. The highest BCUT2D eigenvalue weighted by molar-refractivity contribution is 5.90. The van der Waals surface area contributed by atoms with Crippen LogP contribution in [0.25, 0.3) is 0 Å². The lowest BCUT2D eigenvalue weighted by Crippen LogP contribution is -2.25. The van der Waals surface area contributed by atoms with Gasteiger partial charge in [-0.2, -0.15) is 0 Å². The van der Waals surface area contributed by atoms with E-state index in [4.69, 9.17) is 4.74 Å². The van der Waals surface area contributed by atoms with Crippen LogP contribution in [-0.2, 0) is 4.79 Å². The number of piperidine rings is 1. The van der Waals surface area contributed by atoms with Gasteiger partial charge in [-0.3, -0.25) is 9.69 Å². The van der Waals surface area contributed by atoms with Gasteiger partial charge < -0.3 is 9.64 Å². The Labute approximate surface area is 138 Å². The zero-order valence-electron chi connectivity index (χ0n) is 13.3. The number of anilines is 1. The van der Waals surface area contributed by atoms with Gasteiger partial charge in [0.25, 0.3) is 0 Å². The number of hydrogen-bond acceptors (Lipinski definition) is 3. The van der Waals surface area contributed by atoms with Crippen LogP contribution in [0, 0.1) is 5.92 Å². The minimum Gasteiger partial charge on any atom is -0.494 e. The lowest BCUT2D eigenvalue weighted by Gasteiger charge is -2.18. The van der Waals surface area contributed by atoms with Crippen molar-refractivity contribution in [2.24, 2.45) is 5.92 Å². The van der Waals surface area contributed by atoms with Crippen LogP contribution in [-0.4, -0.2) is 43.6 Å². The molecule has 2 aliphatic rings. The predicted molar refractivity (Wildman–Crippen MR) is 91.0 cm³/mol. The Hall–Kier alpha value is -1.26. The fourth-order valence-electron chi connectivity index (χ4n) is 3.17. The van der Waals surface area contributed by atoms with Gasteiger partial charge >= 0.3 is 0 Å². The molecule has 0 radical (unpaired) electrons. The summed E-state index contributed by atoms with van der Waals surface area (Å²) in [5.41, 5.74) is 0.895. The molecule has 1 aliphatic heterocycles. The van der Waals surface area contributed by atoms with Crippen LogP contribution in [0.4, 0.5) is 5.69 Å². The van der Waals surface area contributed by atoms with E-state index in [9.17, 15) is 4.79 Å². The molecule has 1 aromatic carbocycles. The second-order valence-corrected chi connectivity index (χ2v) is 6.16.